The number of halogens is 1. The Bertz CT molecular complexity index is 818. The van der Waals surface area contributed by atoms with Crippen molar-refractivity contribution in [3.8, 4) is 0 Å². The van der Waals surface area contributed by atoms with E-state index in [0.29, 0.717) is 19.4 Å². The predicted molar refractivity (Wildman–Crippen MR) is 94.4 cm³/mol. The first-order chi connectivity index (χ1) is 11.6. The smallest absolute Gasteiger partial charge is 0.323 e. The van der Waals surface area contributed by atoms with Crippen molar-refractivity contribution in [1.82, 2.24) is 10.2 Å². The van der Waals surface area contributed by atoms with E-state index in [0.717, 1.165) is 22.0 Å². The van der Waals surface area contributed by atoms with Crippen molar-refractivity contribution in [2.45, 2.75) is 31.3 Å². The molecule has 1 heterocycles. The molecule has 1 aliphatic carbocycles. The third-order valence-corrected chi connectivity index (χ3v) is 5.46. The van der Waals surface area contributed by atoms with Gasteiger partial charge in [-0.2, -0.15) is 0 Å². The van der Waals surface area contributed by atoms with Crippen molar-refractivity contribution in [1.29, 1.82) is 0 Å². The van der Waals surface area contributed by atoms with Crippen LogP contribution in [0.1, 0.15) is 23.1 Å². The number of carbonyl (C=O) groups is 2. The minimum absolute atomic E-state index is 0.107. The van der Waals surface area contributed by atoms with Crippen molar-refractivity contribution < 1.29 is 9.59 Å². The number of rotatable bonds is 2. The van der Waals surface area contributed by atoms with Gasteiger partial charge in [0.15, 0.2) is 0 Å². The average Bonchev–Trinajstić information content (AvgIpc) is 2.81. The van der Waals surface area contributed by atoms with E-state index in [1.54, 1.807) is 0 Å². The summed E-state index contributed by atoms with van der Waals surface area (Å²) in [6, 6.07) is 15.5. The number of urea groups is 1. The molecule has 1 atom stereocenters. The average molecular weight is 385 g/mol. The second kappa shape index (κ2) is 5.74. The molecule has 1 N–H and O–H groups in total. The zero-order valence-electron chi connectivity index (χ0n) is 13.1. The van der Waals surface area contributed by atoms with E-state index in [9.17, 15) is 9.59 Å². The molecule has 0 bridgehead atoms. The van der Waals surface area contributed by atoms with E-state index in [-0.39, 0.29) is 11.9 Å². The molecule has 0 radical (unpaired) electrons. The van der Waals surface area contributed by atoms with Gasteiger partial charge >= 0.3 is 6.03 Å². The van der Waals surface area contributed by atoms with Gasteiger partial charge in [0.25, 0.3) is 5.91 Å². The Morgan fingerprint density at radius 2 is 1.75 bits per heavy atom. The Morgan fingerprint density at radius 3 is 2.50 bits per heavy atom. The molecule has 5 heteroatoms. The van der Waals surface area contributed by atoms with E-state index < -0.39 is 5.54 Å². The van der Waals surface area contributed by atoms with Gasteiger partial charge in [0, 0.05) is 10.9 Å². The van der Waals surface area contributed by atoms with Gasteiger partial charge in [-0.15, -0.1) is 0 Å². The number of nitrogens with zero attached hydrogens (tertiary/aromatic N) is 1. The maximum Gasteiger partial charge on any atom is 0.325 e. The standard InChI is InChI=1S/C19H17BrN2O2/c20-16-7-5-13(6-8-16)12-22-17(23)19(21-18(22)24)10-9-14-3-1-2-4-15(14)11-19/h1-8H,9-12H2,(H,21,24). The summed E-state index contributed by atoms with van der Waals surface area (Å²) in [6.45, 7) is 0.307. The van der Waals surface area contributed by atoms with Gasteiger partial charge in [0.1, 0.15) is 5.54 Å². The van der Waals surface area contributed by atoms with Gasteiger partial charge in [0.2, 0.25) is 0 Å². The Labute approximate surface area is 149 Å². The summed E-state index contributed by atoms with van der Waals surface area (Å²) in [4.78, 5) is 26.8. The molecule has 1 unspecified atom stereocenters. The maximum absolute atomic E-state index is 13.0. The topological polar surface area (TPSA) is 49.4 Å². The molecule has 1 spiro atoms. The van der Waals surface area contributed by atoms with Gasteiger partial charge in [-0.1, -0.05) is 52.3 Å². The van der Waals surface area contributed by atoms with E-state index in [2.05, 4.69) is 27.3 Å². The minimum Gasteiger partial charge on any atom is -0.323 e. The summed E-state index contributed by atoms with van der Waals surface area (Å²) < 4.78 is 0.976. The van der Waals surface area contributed by atoms with Crippen LogP contribution in [-0.4, -0.2) is 22.4 Å². The number of amides is 3. The highest BCUT2D eigenvalue weighted by Gasteiger charge is 2.52. The van der Waals surface area contributed by atoms with Gasteiger partial charge < -0.3 is 5.32 Å². The number of hydrogen-bond donors (Lipinski definition) is 1. The minimum atomic E-state index is -0.777. The molecule has 3 amide bonds. The fourth-order valence-corrected chi connectivity index (χ4v) is 3.88. The molecule has 0 saturated carbocycles. The molecule has 2 aliphatic rings. The number of carbonyl (C=O) groups excluding carboxylic acids is 2. The molecule has 4 rings (SSSR count). The largest absolute Gasteiger partial charge is 0.325 e. The van der Waals surface area contributed by atoms with Crippen LogP contribution in [0.25, 0.3) is 0 Å². The summed E-state index contributed by atoms with van der Waals surface area (Å²) in [5, 5.41) is 2.97. The number of aryl methyl sites for hydroxylation is 1. The van der Waals surface area contributed by atoms with E-state index in [1.807, 2.05) is 42.5 Å². The summed E-state index contributed by atoms with van der Waals surface area (Å²) >= 11 is 3.39. The molecule has 0 aromatic heterocycles. The third kappa shape index (κ3) is 2.53. The Balaban J connectivity index is 1.59. The Morgan fingerprint density at radius 1 is 1.04 bits per heavy atom. The van der Waals surface area contributed by atoms with Crippen LogP contribution >= 0.6 is 15.9 Å². The molecule has 2 aromatic rings. The highest BCUT2D eigenvalue weighted by atomic mass is 79.9. The molecule has 1 saturated heterocycles. The zero-order chi connectivity index (χ0) is 16.7. The molecule has 122 valence electrons. The fraction of sp³-hybridized carbons (Fsp3) is 0.263. The molecule has 1 fully saturated rings. The van der Waals surface area contributed by atoms with E-state index in [1.165, 1.54) is 10.5 Å². The predicted octanol–water partition coefficient (Wildman–Crippen LogP) is 3.43. The van der Waals surface area contributed by atoms with Crippen molar-refractivity contribution in [2.75, 3.05) is 0 Å². The quantitative estimate of drug-likeness (QED) is 0.806. The number of fused-ring (bicyclic) bond motifs is 1. The summed E-state index contributed by atoms with van der Waals surface area (Å²) in [6.07, 6.45) is 2.05. The van der Waals surface area contributed by atoms with Crippen LogP contribution in [0.2, 0.25) is 0 Å². The number of imide groups is 1. The summed E-state index contributed by atoms with van der Waals surface area (Å²) in [7, 11) is 0. The number of nitrogens with one attached hydrogen (secondary N) is 1. The second-order valence-corrected chi connectivity index (χ2v) is 7.39. The first-order valence-electron chi connectivity index (χ1n) is 8.03. The lowest BCUT2D eigenvalue weighted by Gasteiger charge is -2.32. The van der Waals surface area contributed by atoms with Gasteiger partial charge in [-0.05, 0) is 41.7 Å². The summed E-state index contributed by atoms with van der Waals surface area (Å²) in [5.74, 6) is -0.107. The molecular formula is C19H17BrN2O2. The Hall–Kier alpha value is -2.14. The second-order valence-electron chi connectivity index (χ2n) is 6.48. The van der Waals surface area contributed by atoms with Crippen LogP contribution in [0, 0.1) is 0 Å². The van der Waals surface area contributed by atoms with Crippen molar-refractivity contribution in [3.05, 3.63) is 69.7 Å². The van der Waals surface area contributed by atoms with E-state index >= 15 is 0 Å². The molecular weight excluding hydrogens is 368 g/mol. The van der Waals surface area contributed by atoms with Gasteiger partial charge in [0.05, 0.1) is 6.54 Å². The van der Waals surface area contributed by atoms with Crippen LogP contribution in [0.5, 0.6) is 0 Å². The highest BCUT2D eigenvalue weighted by molar-refractivity contribution is 9.10. The lowest BCUT2D eigenvalue weighted by atomic mass is 9.78. The van der Waals surface area contributed by atoms with Crippen molar-refractivity contribution >= 4 is 27.9 Å². The van der Waals surface area contributed by atoms with Gasteiger partial charge in [-0.25, -0.2) is 4.79 Å². The number of hydrogen-bond acceptors (Lipinski definition) is 2. The normalized spacial score (nSPS) is 22.6. The lowest BCUT2D eigenvalue weighted by molar-refractivity contribution is -0.132. The molecule has 1 aliphatic heterocycles. The lowest BCUT2D eigenvalue weighted by Crippen LogP contribution is -2.51. The SMILES string of the molecule is O=C1NC2(CCc3ccccc3C2)C(=O)N1Cc1ccc(Br)cc1. The number of benzene rings is 2. The van der Waals surface area contributed by atoms with Crippen LogP contribution < -0.4 is 5.32 Å². The van der Waals surface area contributed by atoms with Crippen LogP contribution in [-0.2, 0) is 24.2 Å². The molecule has 2 aromatic carbocycles. The summed E-state index contributed by atoms with van der Waals surface area (Å²) in [5.41, 5.74) is 2.59. The third-order valence-electron chi connectivity index (χ3n) is 4.93. The monoisotopic (exact) mass is 384 g/mol. The van der Waals surface area contributed by atoms with Crippen LogP contribution in [0.15, 0.2) is 53.0 Å². The first kappa shape index (κ1) is 15.4. The van der Waals surface area contributed by atoms with Crippen molar-refractivity contribution in [2.24, 2.45) is 0 Å². The Kier molecular flexibility index (Phi) is 3.68. The highest BCUT2D eigenvalue weighted by Crippen LogP contribution is 2.34. The van der Waals surface area contributed by atoms with Crippen LogP contribution in [0.3, 0.4) is 0 Å². The molecule has 4 nitrogen and oxygen atoms in total. The molecule has 24 heavy (non-hydrogen) atoms. The van der Waals surface area contributed by atoms with Gasteiger partial charge in [-0.3, -0.25) is 9.69 Å². The van der Waals surface area contributed by atoms with Crippen molar-refractivity contribution in [3.63, 3.8) is 0 Å². The van der Waals surface area contributed by atoms with Crippen LogP contribution in [0.4, 0.5) is 4.79 Å². The van der Waals surface area contributed by atoms with E-state index in [4.69, 9.17) is 0 Å². The first-order valence-corrected chi connectivity index (χ1v) is 8.82. The zero-order valence-corrected chi connectivity index (χ0v) is 14.7. The maximum atomic E-state index is 13.0. The fourth-order valence-electron chi connectivity index (χ4n) is 3.62.